The monoisotopic (exact) mass is 325 g/mol. The Labute approximate surface area is 145 Å². The van der Waals surface area contributed by atoms with E-state index in [-0.39, 0.29) is 18.3 Å². The molecule has 1 fully saturated rings. The van der Waals surface area contributed by atoms with Crippen molar-refractivity contribution in [3.05, 3.63) is 35.0 Å². The van der Waals surface area contributed by atoms with Gasteiger partial charge < -0.3 is 9.31 Å². The number of fused-ring (bicyclic) bond motifs is 1. The van der Waals surface area contributed by atoms with Gasteiger partial charge in [-0.2, -0.15) is 0 Å². The molecule has 0 N–H and O–H groups in total. The number of nitrogens with zero attached hydrogens (tertiary/aromatic N) is 1. The van der Waals surface area contributed by atoms with Crippen molar-refractivity contribution in [2.24, 2.45) is 0 Å². The molecule has 0 saturated carbocycles. The molecule has 0 atom stereocenters. The zero-order valence-corrected chi connectivity index (χ0v) is 16.2. The molecule has 3 rings (SSSR count). The van der Waals surface area contributed by atoms with E-state index < -0.39 is 0 Å². The number of hydrogen-bond donors (Lipinski definition) is 0. The number of pyridine rings is 1. The Balaban J connectivity index is 2.13. The Bertz CT molecular complexity index is 780. The lowest BCUT2D eigenvalue weighted by molar-refractivity contribution is 0.00578. The second-order valence-electron chi connectivity index (χ2n) is 8.26. The molecule has 0 unspecified atom stereocenters. The van der Waals surface area contributed by atoms with Gasteiger partial charge in [0, 0.05) is 11.1 Å². The number of rotatable bonds is 2. The molecule has 2 heterocycles. The Morgan fingerprint density at radius 3 is 2.12 bits per heavy atom. The normalized spacial score (nSPS) is 19.5. The highest BCUT2D eigenvalue weighted by molar-refractivity contribution is 6.62. The van der Waals surface area contributed by atoms with Crippen molar-refractivity contribution in [1.82, 2.24) is 4.98 Å². The summed E-state index contributed by atoms with van der Waals surface area (Å²) in [7, 11) is -0.332. The summed E-state index contributed by atoms with van der Waals surface area (Å²) in [6.07, 6.45) is 0. The molecule has 0 aliphatic carbocycles. The van der Waals surface area contributed by atoms with Crippen molar-refractivity contribution in [3.63, 3.8) is 0 Å². The van der Waals surface area contributed by atoms with E-state index in [0.717, 1.165) is 16.7 Å². The smallest absolute Gasteiger partial charge is 0.399 e. The molecular formula is C20H28BNO2. The molecule has 1 aromatic carbocycles. The minimum absolute atomic E-state index is 0.324. The van der Waals surface area contributed by atoms with Gasteiger partial charge in [0.05, 0.1) is 16.7 Å². The third-order valence-corrected chi connectivity index (χ3v) is 5.65. The molecule has 0 radical (unpaired) electrons. The molecule has 24 heavy (non-hydrogen) atoms. The fourth-order valence-corrected chi connectivity index (χ4v) is 3.40. The molecule has 3 nitrogen and oxygen atoms in total. The second kappa shape index (κ2) is 5.57. The van der Waals surface area contributed by atoms with Gasteiger partial charge >= 0.3 is 7.12 Å². The Morgan fingerprint density at radius 2 is 1.58 bits per heavy atom. The lowest BCUT2D eigenvalue weighted by atomic mass is 9.77. The van der Waals surface area contributed by atoms with Gasteiger partial charge in [-0.15, -0.1) is 0 Å². The fourth-order valence-electron chi connectivity index (χ4n) is 3.40. The molecular weight excluding hydrogens is 297 g/mol. The number of aryl methyl sites for hydroxylation is 1. The Morgan fingerprint density at radius 1 is 1.00 bits per heavy atom. The summed E-state index contributed by atoms with van der Waals surface area (Å²) in [5.41, 5.74) is 5.22. The first-order valence-electron chi connectivity index (χ1n) is 8.80. The molecule has 1 aliphatic rings. The van der Waals surface area contributed by atoms with E-state index >= 15 is 0 Å². The third-order valence-electron chi connectivity index (χ3n) is 5.65. The largest absolute Gasteiger partial charge is 0.494 e. The van der Waals surface area contributed by atoms with Gasteiger partial charge in [0.15, 0.2) is 0 Å². The van der Waals surface area contributed by atoms with Crippen LogP contribution < -0.4 is 5.46 Å². The number of hydrogen-bond acceptors (Lipinski definition) is 3. The minimum Gasteiger partial charge on any atom is -0.399 e. The van der Waals surface area contributed by atoms with Crippen molar-refractivity contribution < 1.29 is 9.31 Å². The van der Waals surface area contributed by atoms with Gasteiger partial charge in [-0.1, -0.05) is 26.0 Å². The van der Waals surface area contributed by atoms with Crippen molar-refractivity contribution in [3.8, 4) is 0 Å². The van der Waals surface area contributed by atoms with E-state index in [9.17, 15) is 0 Å². The highest BCUT2D eigenvalue weighted by Gasteiger charge is 2.51. The first-order valence-corrected chi connectivity index (χ1v) is 8.80. The van der Waals surface area contributed by atoms with Gasteiger partial charge in [0.25, 0.3) is 0 Å². The molecule has 0 bridgehead atoms. The first-order chi connectivity index (χ1) is 11.0. The lowest BCUT2D eigenvalue weighted by Gasteiger charge is -2.32. The van der Waals surface area contributed by atoms with Gasteiger partial charge in [-0.25, -0.2) is 0 Å². The number of benzene rings is 1. The zero-order chi connectivity index (χ0) is 17.9. The van der Waals surface area contributed by atoms with Crippen LogP contribution in [0.1, 0.15) is 64.3 Å². The maximum absolute atomic E-state index is 6.21. The van der Waals surface area contributed by atoms with E-state index in [1.807, 2.05) is 0 Å². The molecule has 1 saturated heterocycles. The van der Waals surface area contributed by atoms with E-state index in [4.69, 9.17) is 14.3 Å². The molecule has 2 aromatic rings. The highest BCUT2D eigenvalue weighted by Crippen LogP contribution is 2.37. The second-order valence-corrected chi connectivity index (χ2v) is 8.26. The average molecular weight is 325 g/mol. The van der Waals surface area contributed by atoms with Crippen LogP contribution >= 0.6 is 0 Å². The summed E-state index contributed by atoms with van der Waals surface area (Å²) in [6, 6.07) is 6.37. The average Bonchev–Trinajstić information content (AvgIpc) is 2.68. The lowest BCUT2D eigenvalue weighted by Crippen LogP contribution is -2.41. The number of aromatic nitrogens is 1. The predicted octanol–water partition coefficient (Wildman–Crippen LogP) is 4.27. The molecule has 1 aliphatic heterocycles. The van der Waals surface area contributed by atoms with E-state index in [1.54, 1.807) is 0 Å². The van der Waals surface area contributed by atoms with Crippen LogP contribution in [0.5, 0.6) is 0 Å². The van der Waals surface area contributed by atoms with Gasteiger partial charge in [0.1, 0.15) is 0 Å². The summed E-state index contributed by atoms with van der Waals surface area (Å²) in [5.74, 6) is 0.447. The summed E-state index contributed by atoms with van der Waals surface area (Å²) in [4.78, 5) is 4.76. The molecule has 4 heteroatoms. The zero-order valence-electron chi connectivity index (χ0n) is 16.2. The summed E-state index contributed by atoms with van der Waals surface area (Å²) >= 11 is 0. The summed E-state index contributed by atoms with van der Waals surface area (Å²) in [6.45, 7) is 17.1. The van der Waals surface area contributed by atoms with Crippen LogP contribution in [0.25, 0.3) is 10.9 Å². The van der Waals surface area contributed by atoms with Crippen molar-refractivity contribution >= 4 is 23.5 Å². The van der Waals surface area contributed by atoms with Crippen LogP contribution in [-0.4, -0.2) is 23.3 Å². The Hall–Kier alpha value is -1.39. The van der Waals surface area contributed by atoms with Crippen molar-refractivity contribution in [1.29, 1.82) is 0 Å². The quantitative estimate of drug-likeness (QED) is 0.773. The van der Waals surface area contributed by atoms with E-state index in [2.05, 4.69) is 73.6 Å². The summed E-state index contributed by atoms with van der Waals surface area (Å²) in [5, 5.41) is 1.21. The van der Waals surface area contributed by atoms with Crippen molar-refractivity contribution in [2.75, 3.05) is 0 Å². The van der Waals surface area contributed by atoms with Gasteiger partial charge in [-0.3, -0.25) is 4.98 Å². The van der Waals surface area contributed by atoms with Crippen LogP contribution in [-0.2, 0) is 9.31 Å². The van der Waals surface area contributed by atoms with Crippen LogP contribution in [0.2, 0.25) is 0 Å². The van der Waals surface area contributed by atoms with Gasteiger partial charge in [0.2, 0.25) is 0 Å². The molecule has 0 amide bonds. The van der Waals surface area contributed by atoms with Crippen LogP contribution in [0, 0.1) is 13.8 Å². The predicted molar refractivity (Wildman–Crippen MR) is 101 cm³/mol. The standard InChI is InChI=1S/C20H28BNO2/c1-12(2)18-13(3)14(4)22-17-10-9-15(11-16(17)18)21-23-19(5,6)20(7,8)24-21/h9-12H,1-8H3. The van der Waals surface area contributed by atoms with Crippen LogP contribution in [0.15, 0.2) is 18.2 Å². The van der Waals surface area contributed by atoms with E-state index in [0.29, 0.717) is 5.92 Å². The molecule has 0 spiro atoms. The van der Waals surface area contributed by atoms with Crippen LogP contribution in [0.3, 0.4) is 0 Å². The SMILES string of the molecule is Cc1nc2ccc(B3OC(C)(C)C(C)(C)O3)cc2c(C(C)C)c1C. The Kier molecular flexibility index (Phi) is 4.05. The minimum atomic E-state index is -0.332. The first kappa shape index (κ1) is 17.4. The molecule has 1 aromatic heterocycles. The van der Waals surface area contributed by atoms with Gasteiger partial charge in [-0.05, 0) is 70.1 Å². The topological polar surface area (TPSA) is 31.4 Å². The van der Waals surface area contributed by atoms with E-state index in [1.165, 1.54) is 16.5 Å². The fraction of sp³-hybridized carbons (Fsp3) is 0.550. The highest BCUT2D eigenvalue weighted by atomic mass is 16.7. The van der Waals surface area contributed by atoms with Crippen LogP contribution in [0.4, 0.5) is 0 Å². The van der Waals surface area contributed by atoms with Crippen molar-refractivity contribution in [2.45, 2.75) is 72.5 Å². The molecule has 128 valence electrons. The maximum Gasteiger partial charge on any atom is 0.494 e. The summed E-state index contributed by atoms with van der Waals surface area (Å²) < 4.78 is 12.4. The maximum atomic E-state index is 6.21. The third kappa shape index (κ3) is 2.66.